The molecular weight excluding hydrogens is 478 g/mol. The van der Waals surface area contributed by atoms with Gasteiger partial charge in [-0.2, -0.15) is 0 Å². The van der Waals surface area contributed by atoms with E-state index >= 15 is 0 Å². The van der Waals surface area contributed by atoms with Crippen LogP contribution in [0.4, 0.5) is 4.79 Å². The number of aryl methyl sites for hydroxylation is 1. The summed E-state index contributed by atoms with van der Waals surface area (Å²) in [6, 6.07) is 0.152. The Morgan fingerprint density at radius 3 is 2.69 bits per heavy atom. The molecule has 2 aliphatic carbocycles. The fourth-order valence-electron chi connectivity index (χ4n) is 5.91. The lowest BCUT2D eigenvalue weighted by molar-refractivity contribution is -0.00850. The fourth-order valence-corrected chi connectivity index (χ4v) is 7.14. The molecule has 2 fully saturated rings. The van der Waals surface area contributed by atoms with Crippen molar-refractivity contribution < 1.29 is 24.1 Å². The summed E-state index contributed by atoms with van der Waals surface area (Å²) < 4.78 is 17.8. The molecule has 1 aliphatic heterocycles. The molecule has 3 atom stereocenters. The third-order valence-corrected chi connectivity index (χ3v) is 8.94. The predicted molar refractivity (Wildman–Crippen MR) is 139 cm³/mol. The van der Waals surface area contributed by atoms with Crippen molar-refractivity contribution in [2.24, 2.45) is 0 Å². The van der Waals surface area contributed by atoms with Gasteiger partial charge in [-0.3, -0.25) is 0 Å². The van der Waals surface area contributed by atoms with Gasteiger partial charge in [0.05, 0.1) is 17.6 Å². The van der Waals surface area contributed by atoms with E-state index in [9.17, 15) is 9.90 Å². The number of fused-ring (bicyclic) bond motifs is 3. The molecular formula is C27H39N3O5S. The summed E-state index contributed by atoms with van der Waals surface area (Å²) in [7, 11) is 1.83. The first-order valence-electron chi connectivity index (χ1n) is 13.4. The second-order valence-electron chi connectivity index (χ2n) is 11.5. The summed E-state index contributed by atoms with van der Waals surface area (Å²) >= 11 is 1.74. The van der Waals surface area contributed by atoms with Gasteiger partial charge in [0.1, 0.15) is 22.9 Å². The molecule has 36 heavy (non-hydrogen) atoms. The van der Waals surface area contributed by atoms with Gasteiger partial charge in [0.2, 0.25) is 5.88 Å². The van der Waals surface area contributed by atoms with Crippen molar-refractivity contribution in [1.29, 1.82) is 0 Å². The maximum absolute atomic E-state index is 12.5. The minimum atomic E-state index is -0.497. The highest BCUT2D eigenvalue weighted by Crippen LogP contribution is 2.48. The van der Waals surface area contributed by atoms with E-state index in [0.717, 1.165) is 68.2 Å². The van der Waals surface area contributed by atoms with E-state index in [-0.39, 0.29) is 30.3 Å². The van der Waals surface area contributed by atoms with Crippen LogP contribution in [0.1, 0.15) is 88.5 Å². The number of hydrogen-bond acceptors (Lipinski definition) is 8. The van der Waals surface area contributed by atoms with E-state index in [1.165, 1.54) is 10.4 Å². The van der Waals surface area contributed by atoms with E-state index in [1.54, 1.807) is 22.6 Å². The van der Waals surface area contributed by atoms with Gasteiger partial charge < -0.3 is 24.2 Å². The zero-order valence-corrected chi connectivity index (χ0v) is 22.7. The van der Waals surface area contributed by atoms with Crippen LogP contribution >= 0.6 is 11.3 Å². The predicted octanol–water partition coefficient (Wildman–Crippen LogP) is 5.21. The molecule has 0 spiro atoms. The maximum atomic E-state index is 12.5. The summed E-state index contributed by atoms with van der Waals surface area (Å²) in [5.74, 6) is 0.944. The van der Waals surface area contributed by atoms with Gasteiger partial charge in [-0.05, 0) is 90.0 Å². The summed E-state index contributed by atoms with van der Waals surface area (Å²) in [5.41, 5.74) is 0.782. The van der Waals surface area contributed by atoms with Crippen molar-refractivity contribution in [3.63, 3.8) is 0 Å². The third kappa shape index (κ3) is 5.48. The molecule has 1 amide bonds. The highest BCUT2D eigenvalue weighted by atomic mass is 32.1. The minimum Gasteiger partial charge on any atom is -0.474 e. The molecule has 0 bridgehead atoms. The Hall–Kier alpha value is -1.97. The highest BCUT2D eigenvalue weighted by Gasteiger charge is 2.35. The Morgan fingerprint density at radius 2 is 2.00 bits per heavy atom. The van der Waals surface area contributed by atoms with Crippen molar-refractivity contribution in [3.8, 4) is 5.88 Å². The number of aromatic nitrogens is 2. The molecule has 2 aromatic heterocycles. The molecule has 3 aliphatic rings. The van der Waals surface area contributed by atoms with Gasteiger partial charge in [0, 0.05) is 24.6 Å². The van der Waals surface area contributed by atoms with Crippen molar-refractivity contribution in [1.82, 2.24) is 14.9 Å². The van der Waals surface area contributed by atoms with E-state index < -0.39 is 11.7 Å². The summed E-state index contributed by atoms with van der Waals surface area (Å²) in [6.45, 7) is 6.42. The van der Waals surface area contributed by atoms with Crippen LogP contribution in [0.25, 0.3) is 10.2 Å². The lowest BCUT2D eigenvalue weighted by Crippen LogP contribution is -2.43. The average molecular weight is 518 g/mol. The number of aliphatic hydroxyl groups excluding tert-OH is 1. The number of aliphatic hydroxyl groups is 1. The van der Waals surface area contributed by atoms with Crippen LogP contribution < -0.4 is 4.74 Å². The molecule has 9 heteroatoms. The molecule has 2 aromatic rings. The SMILES string of the molecule is CN(C(=O)OC(C)(C)C)C1CCC(Oc2ncnc3sc4c(c23)[C@@H](C[C@H](O)[C@@H]2CCCO2)CC4)CC1. The highest BCUT2D eigenvalue weighted by molar-refractivity contribution is 7.19. The lowest BCUT2D eigenvalue weighted by Gasteiger charge is -2.35. The minimum absolute atomic E-state index is 0.0417. The quantitative estimate of drug-likeness (QED) is 0.562. The monoisotopic (exact) mass is 517 g/mol. The first kappa shape index (κ1) is 25.7. The molecule has 0 unspecified atom stereocenters. The first-order chi connectivity index (χ1) is 17.2. The Balaban J connectivity index is 1.26. The standard InChI is InChI=1S/C27H39N3O5S/c1-27(2,3)35-26(32)30(4)17-8-10-18(11-9-17)34-24-23-22-16(14-19(31)20-6-5-13-33-20)7-12-21(22)36-25(23)29-15-28-24/h15-20,31H,5-14H2,1-4H3/t16-,17?,18?,19+,20+/m1/s1. The summed E-state index contributed by atoms with van der Waals surface area (Å²) in [5, 5.41) is 11.9. The second-order valence-corrected chi connectivity index (χ2v) is 12.6. The summed E-state index contributed by atoms with van der Waals surface area (Å²) in [6.07, 6.45) is 9.08. The van der Waals surface area contributed by atoms with Crippen LogP contribution in [-0.2, 0) is 15.9 Å². The summed E-state index contributed by atoms with van der Waals surface area (Å²) in [4.78, 5) is 25.7. The van der Waals surface area contributed by atoms with Crippen molar-refractivity contribution >= 4 is 27.6 Å². The number of ether oxygens (including phenoxy) is 3. The molecule has 0 aromatic carbocycles. The second kappa shape index (κ2) is 10.4. The van der Waals surface area contributed by atoms with Crippen LogP contribution in [0.3, 0.4) is 0 Å². The molecule has 5 rings (SSSR count). The van der Waals surface area contributed by atoms with Gasteiger partial charge in [0.15, 0.2) is 0 Å². The van der Waals surface area contributed by atoms with Gasteiger partial charge >= 0.3 is 6.09 Å². The molecule has 198 valence electrons. The van der Waals surface area contributed by atoms with Gasteiger partial charge in [-0.1, -0.05) is 0 Å². The van der Waals surface area contributed by atoms with Crippen LogP contribution in [-0.4, -0.2) is 69.7 Å². The lowest BCUT2D eigenvalue weighted by atomic mass is 9.91. The van der Waals surface area contributed by atoms with Gasteiger partial charge in [0.25, 0.3) is 0 Å². The van der Waals surface area contributed by atoms with Crippen LogP contribution in [0.2, 0.25) is 0 Å². The Bertz CT molecular complexity index is 1070. The van der Waals surface area contributed by atoms with Crippen molar-refractivity contribution in [2.75, 3.05) is 13.7 Å². The van der Waals surface area contributed by atoms with E-state index in [0.29, 0.717) is 12.3 Å². The third-order valence-electron chi connectivity index (χ3n) is 7.77. The fraction of sp³-hybridized carbons (Fsp3) is 0.741. The zero-order chi connectivity index (χ0) is 25.4. The molecule has 3 heterocycles. The smallest absolute Gasteiger partial charge is 0.410 e. The van der Waals surface area contributed by atoms with E-state index in [1.807, 2.05) is 27.8 Å². The molecule has 1 N–H and O–H groups in total. The Kier molecular flexibility index (Phi) is 7.43. The van der Waals surface area contributed by atoms with Crippen molar-refractivity contribution in [3.05, 3.63) is 16.8 Å². The largest absolute Gasteiger partial charge is 0.474 e. The van der Waals surface area contributed by atoms with Crippen LogP contribution in [0, 0.1) is 0 Å². The number of carbonyl (C=O) groups excluding carboxylic acids is 1. The number of amides is 1. The number of thiophene rings is 1. The number of rotatable bonds is 6. The molecule has 1 saturated heterocycles. The average Bonchev–Trinajstić information content (AvgIpc) is 3.56. The Labute approximate surface area is 217 Å². The van der Waals surface area contributed by atoms with E-state index in [4.69, 9.17) is 14.2 Å². The zero-order valence-electron chi connectivity index (χ0n) is 21.9. The molecule has 1 saturated carbocycles. The van der Waals surface area contributed by atoms with Crippen molar-refractivity contribution in [2.45, 2.75) is 114 Å². The van der Waals surface area contributed by atoms with Gasteiger partial charge in [-0.15, -0.1) is 11.3 Å². The first-order valence-corrected chi connectivity index (χ1v) is 14.2. The molecule has 8 nitrogen and oxygen atoms in total. The number of nitrogens with zero attached hydrogens (tertiary/aromatic N) is 3. The molecule has 0 radical (unpaired) electrons. The van der Waals surface area contributed by atoms with Crippen LogP contribution in [0.5, 0.6) is 5.88 Å². The van der Waals surface area contributed by atoms with Gasteiger partial charge in [-0.25, -0.2) is 14.8 Å². The number of carbonyl (C=O) groups is 1. The van der Waals surface area contributed by atoms with Crippen LogP contribution in [0.15, 0.2) is 6.33 Å². The Morgan fingerprint density at radius 1 is 1.22 bits per heavy atom. The normalized spacial score (nSPS) is 27.1. The maximum Gasteiger partial charge on any atom is 0.410 e. The number of hydrogen-bond donors (Lipinski definition) is 1. The van der Waals surface area contributed by atoms with E-state index in [2.05, 4.69) is 9.97 Å². The topological polar surface area (TPSA) is 94.0 Å².